The SMILES string of the molecule is c1ccc(-c2cc(-c3ccccc3)cc(-c3c4ccccc4c(-c4ccc5ccc(-c6c7ccccc7c(-c7cc(-c8ccccc8)cc(-c8ccccc8)c7)c7ccccc67)cc5c4)c4ccccc34)c2)cc1. The summed E-state index contributed by atoms with van der Waals surface area (Å²) in [6.45, 7) is 0. The summed E-state index contributed by atoms with van der Waals surface area (Å²) in [7, 11) is 0. The van der Waals surface area contributed by atoms with Gasteiger partial charge in [-0.3, -0.25) is 0 Å². The Morgan fingerprint density at radius 2 is 0.338 bits per heavy atom. The molecule has 0 saturated heterocycles. The summed E-state index contributed by atoms with van der Waals surface area (Å²) < 4.78 is 0. The fraction of sp³-hybridized carbons (Fsp3) is 0. The highest BCUT2D eigenvalue weighted by Gasteiger charge is 2.21. The molecule has 14 aromatic rings. The van der Waals surface area contributed by atoms with Gasteiger partial charge in [0.1, 0.15) is 0 Å². The summed E-state index contributed by atoms with van der Waals surface area (Å²) in [5.74, 6) is 0. The summed E-state index contributed by atoms with van der Waals surface area (Å²) in [6, 6.07) is 108. The van der Waals surface area contributed by atoms with E-state index in [2.05, 4.69) is 291 Å². The van der Waals surface area contributed by atoms with E-state index in [1.807, 2.05) is 0 Å². The van der Waals surface area contributed by atoms with Crippen LogP contribution in [0.3, 0.4) is 0 Å². The van der Waals surface area contributed by atoms with Crippen LogP contribution in [0, 0.1) is 0 Å². The summed E-state index contributed by atoms with van der Waals surface area (Å²) in [4.78, 5) is 0. The van der Waals surface area contributed by atoms with Crippen molar-refractivity contribution in [1.82, 2.24) is 0 Å². The smallest absolute Gasteiger partial charge is 0.00259 e. The Bertz CT molecular complexity index is 3920. The average molecular weight is 937 g/mol. The van der Waals surface area contributed by atoms with Gasteiger partial charge in [-0.1, -0.05) is 243 Å². The standard InChI is InChI=1S/C74H48/c1-5-21-49(22-6-1)57-43-58(50-23-7-2-8-24-50)46-61(45-57)73-67-33-17-13-29-63(67)71(64-30-14-18-34-68(64)73)54-39-37-53-38-40-55(42-56(53)41-54)72-65-31-15-19-35-69(65)74(70-36-20-16-32-66(70)72)62-47-59(51-25-9-3-10-26-51)44-60(48-62)52-27-11-4-12-28-52/h1-48H. The molecule has 0 spiro atoms. The van der Waals surface area contributed by atoms with Crippen molar-refractivity contribution < 1.29 is 0 Å². The van der Waals surface area contributed by atoms with Crippen molar-refractivity contribution in [3.63, 3.8) is 0 Å². The molecule has 14 rings (SSSR count). The molecule has 0 aromatic heterocycles. The molecule has 0 bridgehead atoms. The number of rotatable bonds is 8. The first-order valence-corrected chi connectivity index (χ1v) is 25.6. The molecule has 0 radical (unpaired) electrons. The highest BCUT2D eigenvalue weighted by Crippen LogP contribution is 2.48. The molecular formula is C74H48. The third kappa shape index (κ3) is 7.55. The minimum Gasteiger partial charge on any atom is -0.0622 e. The largest absolute Gasteiger partial charge is 0.0622 e. The van der Waals surface area contributed by atoms with Gasteiger partial charge in [-0.05, 0) is 191 Å². The van der Waals surface area contributed by atoms with Crippen LogP contribution in [0.2, 0.25) is 0 Å². The zero-order valence-electron chi connectivity index (χ0n) is 40.7. The molecular weight excluding hydrogens is 889 g/mol. The first-order chi connectivity index (χ1) is 36.7. The van der Waals surface area contributed by atoms with Gasteiger partial charge >= 0.3 is 0 Å². The van der Waals surface area contributed by atoms with Crippen molar-refractivity contribution in [3.8, 4) is 89.0 Å². The predicted molar refractivity (Wildman–Crippen MR) is 317 cm³/mol. The van der Waals surface area contributed by atoms with Gasteiger partial charge in [-0.25, -0.2) is 0 Å². The third-order valence-electron chi connectivity index (χ3n) is 15.2. The average Bonchev–Trinajstić information content (AvgIpc) is 3.48. The molecule has 14 aromatic carbocycles. The molecule has 0 N–H and O–H groups in total. The van der Waals surface area contributed by atoms with Crippen LogP contribution in [0.15, 0.2) is 291 Å². The van der Waals surface area contributed by atoms with Crippen LogP contribution in [-0.2, 0) is 0 Å². The van der Waals surface area contributed by atoms with Gasteiger partial charge in [0.2, 0.25) is 0 Å². The van der Waals surface area contributed by atoms with Crippen molar-refractivity contribution in [2.75, 3.05) is 0 Å². The van der Waals surface area contributed by atoms with E-state index in [4.69, 9.17) is 0 Å². The zero-order valence-corrected chi connectivity index (χ0v) is 40.7. The first-order valence-electron chi connectivity index (χ1n) is 25.6. The number of hydrogen-bond acceptors (Lipinski definition) is 0. The lowest BCUT2D eigenvalue weighted by atomic mass is 9.83. The normalized spacial score (nSPS) is 11.5. The van der Waals surface area contributed by atoms with Crippen molar-refractivity contribution in [2.45, 2.75) is 0 Å². The van der Waals surface area contributed by atoms with Gasteiger partial charge < -0.3 is 0 Å². The second-order valence-corrected chi connectivity index (χ2v) is 19.5. The Kier molecular flexibility index (Phi) is 10.6. The molecule has 74 heavy (non-hydrogen) atoms. The van der Waals surface area contributed by atoms with E-state index in [1.165, 1.54) is 143 Å². The molecule has 0 atom stereocenters. The lowest BCUT2D eigenvalue weighted by Gasteiger charge is -2.20. The summed E-state index contributed by atoms with van der Waals surface area (Å²) in [5, 5.41) is 12.3. The highest BCUT2D eigenvalue weighted by molar-refractivity contribution is 6.24. The molecule has 0 nitrogen and oxygen atoms in total. The Balaban J connectivity index is 0.954. The molecule has 0 fully saturated rings. The van der Waals surface area contributed by atoms with Crippen LogP contribution >= 0.6 is 0 Å². The van der Waals surface area contributed by atoms with Gasteiger partial charge in [0.05, 0.1) is 0 Å². The number of hydrogen-bond donors (Lipinski definition) is 0. The van der Waals surface area contributed by atoms with Crippen molar-refractivity contribution in [2.24, 2.45) is 0 Å². The molecule has 0 aliphatic rings. The molecule has 0 aliphatic carbocycles. The maximum absolute atomic E-state index is 2.43. The zero-order chi connectivity index (χ0) is 49.0. The quantitative estimate of drug-likeness (QED) is 0.133. The van der Waals surface area contributed by atoms with E-state index in [0.717, 1.165) is 0 Å². The topological polar surface area (TPSA) is 0 Å². The van der Waals surface area contributed by atoms with E-state index in [-0.39, 0.29) is 0 Å². The number of benzene rings is 14. The molecule has 0 saturated carbocycles. The predicted octanol–water partition coefficient (Wildman–Crippen LogP) is 20.8. The second kappa shape index (κ2) is 18.2. The molecule has 0 heterocycles. The minimum atomic E-state index is 1.20. The van der Waals surface area contributed by atoms with E-state index < -0.39 is 0 Å². The van der Waals surface area contributed by atoms with Crippen LogP contribution in [0.4, 0.5) is 0 Å². The maximum Gasteiger partial charge on any atom is -0.00259 e. The van der Waals surface area contributed by atoms with Crippen LogP contribution in [-0.4, -0.2) is 0 Å². The van der Waals surface area contributed by atoms with Crippen molar-refractivity contribution in [1.29, 1.82) is 0 Å². The van der Waals surface area contributed by atoms with Gasteiger partial charge in [-0.15, -0.1) is 0 Å². The van der Waals surface area contributed by atoms with Crippen LogP contribution in [0.5, 0.6) is 0 Å². The minimum absolute atomic E-state index is 1.20. The molecule has 0 unspecified atom stereocenters. The lowest BCUT2D eigenvalue weighted by molar-refractivity contribution is 1.58. The molecule has 0 aliphatic heterocycles. The Morgan fingerprint density at radius 1 is 0.122 bits per heavy atom. The van der Waals surface area contributed by atoms with Crippen LogP contribution < -0.4 is 0 Å². The third-order valence-corrected chi connectivity index (χ3v) is 15.2. The fourth-order valence-electron chi connectivity index (χ4n) is 11.8. The lowest BCUT2D eigenvalue weighted by Crippen LogP contribution is -1.93. The molecule has 344 valence electrons. The number of fused-ring (bicyclic) bond motifs is 5. The highest BCUT2D eigenvalue weighted by atomic mass is 14.2. The van der Waals surface area contributed by atoms with E-state index in [0.29, 0.717) is 0 Å². The van der Waals surface area contributed by atoms with E-state index in [1.54, 1.807) is 0 Å². The second-order valence-electron chi connectivity index (χ2n) is 19.5. The van der Waals surface area contributed by atoms with Gasteiger partial charge in [0.25, 0.3) is 0 Å². The summed E-state index contributed by atoms with van der Waals surface area (Å²) >= 11 is 0. The maximum atomic E-state index is 2.43. The molecule has 0 heteroatoms. The van der Waals surface area contributed by atoms with Gasteiger partial charge in [0.15, 0.2) is 0 Å². The Hall–Kier alpha value is -9.62. The van der Waals surface area contributed by atoms with Crippen LogP contribution in [0.1, 0.15) is 0 Å². The summed E-state index contributed by atoms with van der Waals surface area (Å²) in [5.41, 5.74) is 19.5. The first kappa shape index (κ1) is 43.2. The van der Waals surface area contributed by atoms with Crippen LogP contribution in [0.25, 0.3) is 143 Å². The summed E-state index contributed by atoms with van der Waals surface area (Å²) in [6.07, 6.45) is 0. The Morgan fingerprint density at radius 3 is 0.595 bits per heavy atom. The van der Waals surface area contributed by atoms with Crippen molar-refractivity contribution in [3.05, 3.63) is 291 Å². The van der Waals surface area contributed by atoms with E-state index >= 15 is 0 Å². The van der Waals surface area contributed by atoms with E-state index in [9.17, 15) is 0 Å². The van der Waals surface area contributed by atoms with Crippen molar-refractivity contribution >= 4 is 53.9 Å². The van der Waals surface area contributed by atoms with Gasteiger partial charge in [-0.2, -0.15) is 0 Å². The van der Waals surface area contributed by atoms with Gasteiger partial charge in [0, 0.05) is 0 Å². The fourth-order valence-corrected chi connectivity index (χ4v) is 11.8. The Labute approximate surface area is 431 Å². The molecule has 0 amide bonds. The monoisotopic (exact) mass is 936 g/mol.